The van der Waals surface area contributed by atoms with Gasteiger partial charge in [0.1, 0.15) is 0 Å². The van der Waals surface area contributed by atoms with Crippen molar-refractivity contribution in [3.8, 4) is 0 Å². The van der Waals surface area contributed by atoms with E-state index in [1.54, 1.807) is 11.8 Å². The molecule has 1 heterocycles. The van der Waals surface area contributed by atoms with Gasteiger partial charge in [0, 0.05) is 0 Å². The van der Waals surface area contributed by atoms with Crippen molar-refractivity contribution in [1.82, 2.24) is 5.32 Å². The number of nitrogens with two attached hydrogens (primary N) is 1. The van der Waals surface area contributed by atoms with Crippen molar-refractivity contribution in [3.63, 3.8) is 0 Å². The van der Waals surface area contributed by atoms with Gasteiger partial charge in [-0.1, -0.05) is 45.9 Å². The normalized spacial score (nSPS) is 36.4. The predicted octanol–water partition coefficient (Wildman–Crippen LogP) is 3.94. The summed E-state index contributed by atoms with van der Waals surface area (Å²) in [6.07, 6.45) is 8.43. The lowest BCUT2D eigenvalue weighted by Crippen LogP contribution is -2.33. The number of hydrogen-bond acceptors (Lipinski definition) is 4. The summed E-state index contributed by atoms with van der Waals surface area (Å²) in [6, 6.07) is 0.482. The molecule has 1 amide bonds. The van der Waals surface area contributed by atoms with Gasteiger partial charge >= 0.3 is 0 Å². The van der Waals surface area contributed by atoms with Gasteiger partial charge in [-0.05, 0) is 57.4 Å². The first kappa shape index (κ1) is 20.5. The Morgan fingerprint density at radius 2 is 2.00 bits per heavy atom. The molecule has 5 heteroatoms. The summed E-state index contributed by atoms with van der Waals surface area (Å²) in [5.74, 6) is 1.85. The van der Waals surface area contributed by atoms with Crippen LogP contribution in [0.1, 0.15) is 73.1 Å². The molecule has 3 fully saturated rings. The molecule has 1 saturated heterocycles. The van der Waals surface area contributed by atoms with Gasteiger partial charge in [-0.3, -0.25) is 9.79 Å². The maximum absolute atomic E-state index is 12.0. The average molecular weight is 342 g/mol. The molecule has 2 aliphatic carbocycles. The molecule has 0 aromatic heterocycles. The average Bonchev–Trinajstić information content (AvgIpc) is 3.16. The Morgan fingerprint density at radius 1 is 1.30 bits per heavy atom. The van der Waals surface area contributed by atoms with E-state index in [1.165, 1.54) is 25.7 Å². The van der Waals surface area contributed by atoms with Crippen LogP contribution in [0.15, 0.2) is 4.99 Å². The van der Waals surface area contributed by atoms with Gasteiger partial charge < -0.3 is 11.1 Å². The third-order valence-corrected chi connectivity index (χ3v) is 6.26. The number of aliphatic imine (C=N–C) groups is 1. The highest BCUT2D eigenvalue weighted by Gasteiger charge is 2.44. The summed E-state index contributed by atoms with van der Waals surface area (Å²) < 4.78 is -0.287. The van der Waals surface area contributed by atoms with E-state index < -0.39 is 0 Å². The molecule has 3 aliphatic rings. The van der Waals surface area contributed by atoms with Gasteiger partial charge in [-0.15, -0.1) is 0 Å². The maximum atomic E-state index is 12.0. The van der Waals surface area contributed by atoms with E-state index in [9.17, 15) is 4.79 Å². The Hall–Kier alpha value is -0.550. The number of carbonyl (C=O) groups excluding carboxylic acids is 1. The lowest BCUT2D eigenvalue weighted by Gasteiger charge is -2.18. The van der Waals surface area contributed by atoms with E-state index in [-0.39, 0.29) is 18.1 Å². The molecule has 0 spiro atoms. The highest BCUT2D eigenvalue weighted by atomic mass is 32.2. The van der Waals surface area contributed by atoms with E-state index in [0.29, 0.717) is 6.04 Å². The van der Waals surface area contributed by atoms with Crippen LogP contribution in [0.2, 0.25) is 0 Å². The molecule has 23 heavy (non-hydrogen) atoms. The number of nitrogens with zero attached hydrogens (tertiary/aromatic N) is 1. The molecular weight excluding hydrogens is 306 g/mol. The van der Waals surface area contributed by atoms with Crippen molar-refractivity contribution in [3.05, 3.63) is 0 Å². The zero-order valence-electron chi connectivity index (χ0n) is 14.2. The Labute approximate surface area is 146 Å². The molecule has 0 aromatic rings. The van der Waals surface area contributed by atoms with Crippen molar-refractivity contribution < 1.29 is 4.79 Å². The van der Waals surface area contributed by atoms with E-state index in [0.717, 1.165) is 42.8 Å². The van der Waals surface area contributed by atoms with Gasteiger partial charge in [0.2, 0.25) is 5.91 Å². The zero-order valence-corrected chi connectivity index (χ0v) is 15.0. The van der Waals surface area contributed by atoms with Crippen molar-refractivity contribution in [2.75, 3.05) is 6.54 Å². The molecule has 3 N–H and O–H groups in total. The quantitative estimate of drug-likeness (QED) is 0.813. The van der Waals surface area contributed by atoms with E-state index in [4.69, 9.17) is 10.7 Å². The summed E-state index contributed by atoms with van der Waals surface area (Å²) in [5.41, 5.74) is 5.03. The van der Waals surface area contributed by atoms with Crippen LogP contribution >= 0.6 is 11.8 Å². The predicted molar refractivity (Wildman–Crippen MR) is 102 cm³/mol. The molecule has 1 aliphatic heterocycles. The van der Waals surface area contributed by atoms with Crippen LogP contribution in [-0.2, 0) is 4.79 Å². The van der Waals surface area contributed by atoms with Crippen LogP contribution in [0.3, 0.4) is 0 Å². The number of rotatable bonds is 4. The first-order valence-corrected chi connectivity index (χ1v) is 9.62. The standard InChI is InChI=1S/C14H22N2OS.C3H9N.CH4/c1-3-6-14(2)12(17)16-13(18-14)15-11-8-9-4-5-10(11)7-9;1-2-3-4;/h9-11H,3-8H2,1-2H3,(H,15,16,17);2-4H2,1H3;1H4. The number of nitrogens with one attached hydrogen (secondary N) is 1. The molecule has 2 saturated carbocycles. The van der Waals surface area contributed by atoms with Crippen LogP contribution in [0.25, 0.3) is 0 Å². The van der Waals surface area contributed by atoms with E-state index >= 15 is 0 Å². The van der Waals surface area contributed by atoms with E-state index in [2.05, 4.69) is 19.2 Å². The molecule has 4 atom stereocenters. The molecule has 4 unspecified atom stereocenters. The third-order valence-electron chi connectivity index (χ3n) is 5.02. The number of thioether (sulfide) groups is 1. The van der Waals surface area contributed by atoms with Crippen molar-refractivity contribution in [2.24, 2.45) is 22.6 Å². The van der Waals surface area contributed by atoms with Gasteiger partial charge in [-0.25, -0.2) is 0 Å². The second kappa shape index (κ2) is 9.07. The highest BCUT2D eigenvalue weighted by molar-refractivity contribution is 8.16. The fourth-order valence-corrected chi connectivity index (χ4v) is 4.94. The SMILES string of the molecule is C.CCCC1(C)SC(=NC2CC3CCC2C3)NC1=O.CCCN. The molecule has 2 bridgehead atoms. The van der Waals surface area contributed by atoms with Crippen LogP contribution in [0, 0.1) is 11.8 Å². The minimum atomic E-state index is -0.287. The smallest absolute Gasteiger partial charge is 0.242 e. The number of hydrogen-bond donors (Lipinski definition) is 2. The molecule has 0 aromatic carbocycles. The zero-order chi connectivity index (χ0) is 16.2. The van der Waals surface area contributed by atoms with Crippen LogP contribution < -0.4 is 11.1 Å². The summed E-state index contributed by atoms with van der Waals surface area (Å²) in [6.45, 7) is 7.05. The lowest BCUT2D eigenvalue weighted by molar-refractivity contribution is -0.121. The third kappa shape index (κ3) is 4.96. The fraction of sp³-hybridized carbons (Fsp3) is 0.889. The molecule has 0 radical (unpaired) electrons. The molecular formula is C18H35N3OS. The molecule has 134 valence electrons. The Kier molecular flexibility index (Phi) is 8.08. The van der Waals surface area contributed by atoms with Crippen LogP contribution in [0.5, 0.6) is 0 Å². The number of amidine groups is 1. The van der Waals surface area contributed by atoms with Crippen molar-refractivity contribution in [1.29, 1.82) is 0 Å². The minimum absolute atomic E-state index is 0. The largest absolute Gasteiger partial charge is 0.330 e. The Morgan fingerprint density at radius 3 is 2.48 bits per heavy atom. The minimum Gasteiger partial charge on any atom is -0.330 e. The number of fused-ring (bicyclic) bond motifs is 2. The van der Waals surface area contributed by atoms with Gasteiger partial charge in [0.25, 0.3) is 0 Å². The number of amides is 1. The summed E-state index contributed by atoms with van der Waals surface area (Å²) in [7, 11) is 0. The molecule has 3 rings (SSSR count). The van der Waals surface area contributed by atoms with Crippen molar-refractivity contribution in [2.45, 2.75) is 83.9 Å². The monoisotopic (exact) mass is 341 g/mol. The lowest BCUT2D eigenvalue weighted by atomic mass is 9.96. The second-order valence-electron chi connectivity index (χ2n) is 7.00. The highest BCUT2D eigenvalue weighted by Crippen LogP contribution is 2.46. The summed E-state index contributed by atoms with van der Waals surface area (Å²) >= 11 is 1.65. The first-order chi connectivity index (χ1) is 10.5. The van der Waals surface area contributed by atoms with Crippen LogP contribution in [-0.4, -0.2) is 28.4 Å². The second-order valence-corrected chi connectivity index (χ2v) is 8.49. The van der Waals surface area contributed by atoms with E-state index in [1.807, 2.05) is 6.92 Å². The van der Waals surface area contributed by atoms with Gasteiger partial charge in [0.15, 0.2) is 5.17 Å². The maximum Gasteiger partial charge on any atom is 0.242 e. The Bertz CT molecular complexity index is 424. The van der Waals surface area contributed by atoms with Gasteiger partial charge in [-0.2, -0.15) is 0 Å². The topological polar surface area (TPSA) is 67.5 Å². The number of carbonyl (C=O) groups is 1. The molecule has 4 nitrogen and oxygen atoms in total. The summed E-state index contributed by atoms with van der Waals surface area (Å²) in [4.78, 5) is 16.9. The van der Waals surface area contributed by atoms with Crippen LogP contribution in [0.4, 0.5) is 0 Å². The first-order valence-electron chi connectivity index (χ1n) is 8.80. The van der Waals surface area contributed by atoms with Gasteiger partial charge in [0.05, 0.1) is 10.8 Å². The van der Waals surface area contributed by atoms with Crippen molar-refractivity contribution >= 4 is 22.8 Å². The summed E-state index contributed by atoms with van der Waals surface area (Å²) in [5, 5.41) is 3.87. The fourth-order valence-electron chi connectivity index (χ4n) is 3.73. The Balaban J connectivity index is 0.000000478.